The number of carbonyl (C=O) groups is 2. The number of hydrogen-bond acceptors (Lipinski definition) is 3. The molecule has 1 aliphatic carbocycles. The molecule has 0 aromatic heterocycles. The van der Waals surface area contributed by atoms with Crippen LogP contribution in [0.3, 0.4) is 0 Å². The first kappa shape index (κ1) is 12.4. The zero-order valence-electron chi connectivity index (χ0n) is 10.7. The number of rotatable bonds is 3. The van der Waals surface area contributed by atoms with Crippen LogP contribution in [0.2, 0.25) is 0 Å². The van der Waals surface area contributed by atoms with E-state index in [1.54, 1.807) is 0 Å². The van der Waals surface area contributed by atoms with Gasteiger partial charge in [-0.3, -0.25) is 4.79 Å². The highest BCUT2D eigenvalue weighted by atomic mass is 16.5. The zero-order valence-corrected chi connectivity index (χ0v) is 10.7. The van der Waals surface area contributed by atoms with Crippen LogP contribution in [-0.2, 0) is 14.3 Å². The lowest BCUT2D eigenvalue weighted by atomic mass is 10.1. The Labute approximate surface area is 112 Å². The van der Waals surface area contributed by atoms with Crippen molar-refractivity contribution in [1.82, 2.24) is 4.90 Å². The summed E-state index contributed by atoms with van der Waals surface area (Å²) in [5.74, 6) is -0.154. The monoisotopic (exact) mass is 259 g/mol. The van der Waals surface area contributed by atoms with Gasteiger partial charge in [0.15, 0.2) is 0 Å². The fraction of sp³-hybridized carbons (Fsp3) is 0.467. The third-order valence-electron chi connectivity index (χ3n) is 4.02. The molecule has 2 aliphatic rings. The second-order valence-electron chi connectivity index (χ2n) is 5.11. The van der Waals surface area contributed by atoms with Crippen LogP contribution in [0.5, 0.6) is 0 Å². The maximum Gasteiger partial charge on any atom is 0.227 e. The molecule has 3 atom stereocenters. The van der Waals surface area contributed by atoms with Crippen molar-refractivity contribution >= 4 is 12.2 Å². The Hall–Kier alpha value is -1.68. The molecule has 0 spiro atoms. The number of amides is 1. The van der Waals surface area contributed by atoms with Gasteiger partial charge < -0.3 is 14.4 Å². The average Bonchev–Trinajstić information content (AvgIpc) is 3.22. The van der Waals surface area contributed by atoms with Crippen molar-refractivity contribution in [2.75, 3.05) is 26.3 Å². The van der Waals surface area contributed by atoms with Crippen molar-refractivity contribution in [3.63, 3.8) is 0 Å². The largest absolute Gasteiger partial charge is 0.378 e. The SMILES string of the molecule is O=C[C@H]1[C@@H](C(=O)N2CCOCC2)[C@H]1c1ccccc1. The summed E-state index contributed by atoms with van der Waals surface area (Å²) in [5, 5.41) is 0. The fourth-order valence-corrected chi connectivity index (χ4v) is 2.92. The van der Waals surface area contributed by atoms with Crippen molar-refractivity contribution in [1.29, 1.82) is 0 Å². The predicted octanol–water partition coefficient (Wildman–Crippen LogP) is 1.07. The van der Waals surface area contributed by atoms with E-state index < -0.39 is 0 Å². The van der Waals surface area contributed by atoms with Gasteiger partial charge in [0, 0.05) is 24.9 Å². The van der Waals surface area contributed by atoms with E-state index in [0.29, 0.717) is 26.3 Å². The molecule has 1 saturated heterocycles. The second-order valence-corrected chi connectivity index (χ2v) is 5.11. The van der Waals surface area contributed by atoms with Crippen molar-refractivity contribution in [3.05, 3.63) is 35.9 Å². The summed E-state index contributed by atoms with van der Waals surface area (Å²) < 4.78 is 5.25. The normalized spacial score (nSPS) is 29.9. The lowest BCUT2D eigenvalue weighted by molar-refractivity contribution is -0.137. The molecule has 0 radical (unpaired) electrons. The van der Waals surface area contributed by atoms with E-state index in [9.17, 15) is 9.59 Å². The van der Waals surface area contributed by atoms with Gasteiger partial charge in [-0.1, -0.05) is 30.3 Å². The molecule has 4 heteroatoms. The highest BCUT2D eigenvalue weighted by Gasteiger charge is 2.56. The predicted molar refractivity (Wildman–Crippen MR) is 69.6 cm³/mol. The molecule has 1 aliphatic heterocycles. The summed E-state index contributed by atoms with van der Waals surface area (Å²) in [7, 11) is 0. The summed E-state index contributed by atoms with van der Waals surface area (Å²) in [5.41, 5.74) is 1.09. The Balaban J connectivity index is 1.74. The zero-order chi connectivity index (χ0) is 13.2. The maximum atomic E-state index is 12.4. The molecule has 100 valence electrons. The van der Waals surface area contributed by atoms with Crippen molar-refractivity contribution in [2.45, 2.75) is 5.92 Å². The first-order valence-corrected chi connectivity index (χ1v) is 6.69. The van der Waals surface area contributed by atoms with Crippen LogP contribution in [0.15, 0.2) is 30.3 Å². The Morgan fingerprint density at radius 1 is 1.21 bits per heavy atom. The molecule has 0 N–H and O–H groups in total. The molecule has 1 heterocycles. The fourth-order valence-electron chi connectivity index (χ4n) is 2.92. The summed E-state index contributed by atoms with van der Waals surface area (Å²) in [4.78, 5) is 25.4. The van der Waals surface area contributed by atoms with Gasteiger partial charge in [0.05, 0.1) is 19.1 Å². The van der Waals surface area contributed by atoms with E-state index >= 15 is 0 Å². The minimum atomic E-state index is -0.169. The summed E-state index contributed by atoms with van der Waals surface area (Å²) in [6.07, 6.45) is 0.931. The van der Waals surface area contributed by atoms with Gasteiger partial charge in [0.1, 0.15) is 6.29 Å². The second kappa shape index (κ2) is 5.13. The number of benzene rings is 1. The topological polar surface area (TPSA) is 46.6 Å². The standard InChI is InChI=1S/C15H17NO3/c17-10-12-13(11-4-2-1-3-5-11)14(12)15(18)16-6-8-19-9-7-16/h1-5,10,12-14H,6-9H2/t12-,13+,14-/m1/s1. The summed E-state index contributed by atoms with van der Waals surface area (Å²) in [6, 6.07) is 9.83. The van der Waals surface area contributed by atoms with E-state index in [1.165, 1.54) is 0 Å². The van der Waals surface area contributed by atoms with Gasteiger partial charge in [-0.2, -0.15) is 0 Å². The third-order valence-corrected chi connectivity index (χ3v) is 4.02. The van der Waals surface area contributed by atoms with E-state index in [1.807, 2.05) is 35.2 Å². The molecule has 0 bridgehead atoms. The van der Waals surface area contributed by atoms with Crippen LogP contribution in [0.1, 0.15) is 11.5 Å². The molecule has 19 heavy (non-hydrogen) atoms. The minimum absolute atomic E-state index is 0.0639. The molecule has 2 fully saturated rings. The third kappa shape index (κ3) is 2.28. The van der Waals surface area contributed by atoms with Gasteiger partial charge in [-0.15, -0.1) is 0 Å². The number of hydrogen-bond donors (Lipinski definition) is 0. The summed E-state index contributed by atoms with van der Waals surface area (Å²) in [6.45, 7) is 2.48. The smallest absolute Gasteiger partial charge is 0.227 e. The van der Waals surface area contributed by atoms with E-state index in [4.69, 9.17) is 4.74 Å². The number of carbonyl (C=O) groups excluding carboxylic acids is 2. The van der Waals surface area contributed by atoms with Crippen LogP contribution in [0.25, 0.3) is 0 Å². The number of ether oxygens (including phenoxy) is 1. The molecule has 1 aromatic carbocycles. The van der Waals surface area contributed by atoms with Crippen molar-refractivity contribution in [2.24, 2.45) is 11.8 Å². The van der Waals surface area contributed by atoms with Crippen LogP contribution in [0.4, 0.5) is 0 Å². The first-order chi connectivity index (χ1) is 9.33. The maximum absolute atomic E-state index is 12.4. The van der Waals surface area contributed by atoms with E-state index in [2.05, 4.69) is 0 Å². The first-order valence-electron chi connectivity index (χ1n) is 6.69. The number of aldehydes is 1. The Morgan fingerprint density at radius 3 is 2.53 bits per heavy atom. The van der Waals surface area contributed by atoms with Crippen LogP contribution >= 0.6 is 0 Å². The van der Waals surface area contributed by atoms with Crippen molar-refractivity contribution < 1.29 is 14.3 Å². The lowest BCUT2D eigenvalue weighted by Gasteiger charge is -2.27. The van der Waals surface area contributed by atoms with Crippen molar-refractivity contribution in [3.8, 4) is 0 Å². The van der Waals surface area contributed by atoms with Crippen LogP contribution < -0.4 is 0 Å². The van der Waals surface area contributed by atoms with Gasteiger partial charge in [0.2, 0.25) is 5.91 Å². The Kier molecular flexibility index (Phi) is 3.34. The van der Waals surface area contributed by atoms with E-state index in [0.717, 1.165) is 11.8 Å². The molecule has 1 aromatic rings. The molecular weight excluding hydrogens is 242 g/mol. The molecular formula is C15H17NO3. The van der Waals surface area contributed by atoms with Gasteiger partial charge >= 0.3 is 0 Å². The van der Waals surface area contributed by atoms with E-state index in [-0.39, 0.29) is 23.7 Å². The van der Waals surface area contributed by atoms with Gasteiger partial charge in [0.25, 0.3) is 0 Å². The highest BCUT2D eigenvalue weighted by Crippen LogP contribution is 2.53. The molecule has 4 nitrogen and oxygen atoms in total. The molecule has 0 unspecified atom stereocenters. The molecule has 3 rings (SSSR count). The Morgan fingerprint density at radius 2 is 1.89 bits per heavy atom. The number of nitrogens with zero attached hydrogens (tertiary/aromatic N) is 1. The quantitative estimate of drug-likeness (QED) is 0.763. The minimum Gasteiger partial charge on any atom is -0.378 e. The van der Waals surface area contributed by atoms with Gasteiger partial charge in [-0.05, 0) is 5.56 Å². The van der Waals surface area contributed by atoms with Gasteiger partial charge in [-0.25, -0.2) is 0 Å². The lowest BCUT2D eigenvalue weighted by Crippen LogP contribution is -2.42. The number of morpholine rings is 1. The average molecular weight is 259 g/mol. The van der Waals surface area contributed by atoms with Crippen LogP contribution in [0, 0.1) is 11.8 Å². The Bertz CT molecular complexity index is 468. The summed E-state index contributed by atoms with van der Waals surface area (Å²) >= 11 is 0. The molecule has 1 amide bonds. The molecule has 1 saturated carbocycles. The van der Waals surface area contributed by atoms with Crippen LogP contribution in [-0.4, -0.2) is 43.4 Å². The highest BCUT2D eigenvalue weighted by molar-refractivity contribution is 5.89.